The smallest absolute Gasteiger partial charge is 0.349 e. The van der Waals surface area contributed by atoms with Crippen LogP contribution in [0.25, 0.3) is 0 Å². The first-order chi connectivity index (χ1) is 7.21. The van der Waals surface area contributed by atoms with Crippen molar-refractivity contribution in [2.45, 2.75) is 33.0 Å². The summed E-state index contributed by atoms with van der Waals surface area (Å²) < 4.78 is 37.0. The predicted molar refractivity (Wildman–Crippen MR) is 54.5 cm³/mol. The Morgan fingerprint density at radius 2 is 2.00 bits per heavy atom. The first-order valence-electron chi connectivity index (χ1n) is 4.57. The minimum absolute atomic E-state index is 0.0148. The Morgan fingerprint density at radius 3 is 2.38 bits per heavy atom. The number of carbonyl (C=O) groups excluding carboxylic acids is 1. The van der Waals surface area contributed by atoms with Gasteiger partial charge in [-0.25, -0.2) is 4.98 Å². The molecular formula is C9H11F3N2OS. The standard InChI is InChI=1S/C9H11F3N2OS/c1-4(2)13-7(15)6-5(3)14-8(16-6)9(10,11)12/h4H,1-3H3,(H,13,15). The highest BCUT2D eigenvalue weighted by Gasteiger charge is 2.36. The number of nitrogens with zero attached hydrogens (tertiary/aromatic N) is 1. The van der Waals surface area contributed by atoms with E-state index in [2.05, 4.69) is 10.3 Å². The monoisotopic (exact) mass is 252 g/mol. The van der Waals surface area contributed by atoms with Crippen molar-refractivity contribution in [1.82, 2.24) is 10.3 Å². The molecule has 1 aromatic rings. The number of halogens is 3. The fourth-order valence-electron chi connectivity index (χ4n) is 1.06. The van der Waals surface area contributed by atoms with E-state index in [-0.39, 0.29) is 16.6 Å². The van der Waals surface area contributed by atoms with Crippen LogP contribution in [0, 0.1) is 6.92 Å². The second-order valence-electron chi connectivity index (χ2n) is 3.56. The molecule has 0 aromatic carbocycles. The number of alkyl halides is 3. The van der Waals surface area contributed by atoms with E-state index in [1.807, 2.05) is 0 Å². The molecule has 0 aliphatic carbocycles. The molecule has 0 aliphatic rings. The van der Waals surface area contributed by atoms with Crippen LogP contribution in [0.1, 0.15) is 34.2 Å². The molecule has 0 saturated carbocycles. The van der Waals surface area contributed by atoms with Gasteiger partial charge >= 0.3 is 6.18 Å². The van der Waals surface area contributed by atoms with Crippen LogP contribution in [-0.2, 0) is 6.18 Å². The van der Waals surface area contributed by atoms with Crippen molar-refractivity contribution < 1.29 is 18.0 Å². The average molecular weight is 252 g/mol. The zero-order valence-corrected chi connectivity index (χ0v) is 9.79. The van der Waals surface area contributed by atoms with Gasteiger partial charge in [-0.15, -0.1) is 11.3 Å². The topological polar surface area (TPSA) is 42.0 Å². The summed E-state index contributed by atoms with van der Waals surface area (Å²) in [5, 5.41) is 1.54. The lowest BCUT2D eigenvalue weighted by molar-refractivity contribution is -0.137. The average Bonchev–Trinajstić information content (AvgIpc) is 2.44. The lowest BCUT2D eigenvalue weighted by atomic mass is 10.3. The van der Waals surface area contributed by atoms with Crippen LogP contribution < -0.4 is 5.32 Å². The van der Waals surface area contributed by atoms with Crippen molar-refractivity contribution in [3.05, 3.63) is 15.6 Å². The first kappa shape index (κ1) is 13.0. The van der Waals surface area contributed by atoms with E-state index in [0.29, 0.717) is 11.3 Å². The van der Waals surface area contributed by atoms with Gasteiger partial charge in [-0.3, -0.25) is 4.79 Å². The summed E-state index contributed by atoms with van der Waals surface area (Å²) in [5.74, 6) is -0.513. The van der Waals surface area contributed by atoms with Crippen LogP contribution in [0.2, 0.25) is 0 Å². The van der Waals surface area contributed by atoms with Gasteiger partial charge in [0.15, 0.2) is 5.01 Å². The fourth-order valence-corrected chi connectivity index (χ4v) is 1.89. The molecule has 0 aliphatic heterocycles. The first-order valence-corrected chi connectivity index (χ1v) is 5.39. The molecule has 1 heterocycles. The van der Waals surface area contributed by atoms with Crippen LogP contribution >= 0.6 is 11.3 Å². The maximum absolute atomic E-state index is 12.3. The Bertz CT molecular complexity index is 398. The lowest BCUT2D eigenvalue weighted by Crippen LogP contribution is -2.29. The zero-order valence-electron chi connectivity index (χ0n) is 8.97. The molecule has 0 fully saturated rings. The normalized spacial score (nSPS) is 11.9. The molecule has 0 radical (unpaired) electrons. The molecule has 1 rings (SSSR count). The van der Waals surface area contributed by atoms with Gasteiger partial charge in [0.2, 0.25) is 0 Å². The van der Waals surface area contributed by atoms with Crippen molar-refractivity contribution in [2.75, 3.05) is 0 Å². The molecule has 0 bridgehead atoms. The fraction of sp³-hybridized carbons (Fsp3) is 0.556. The van der Waals surface area contributed by atoms with Crippen LogP contribution in [-0.4, -0.2) is 16.9 Å². The molecule has 90 valence electrons. The van der Waals surface area contributed by atoms with Crippen molar-refractivity contribution in [1.29, 1.82) is 0 Å². The van der Waals surface area contributed by atoms with E-state index in [1.54, 1.807) is 13.8 Å². The molecule has 0 saturated heterocycles. The van der Waals surface area contributed by atoms with Gasteiger partial charge in [0.25, 0.3) is 5.91 Å². The summed E-state index contributed by atoms with van der Waals surface area (Å²) in [6, 6.07) is -0.122. The van der Waals surface area contributed by atoms with E-state index in [9.17, 15) is 18.0 Å². The van der Waals surface area contributed by atoms with Gasteiger partial charge in [-0.2, -0.15) is 13.2 Å². The number of thiazole rings is 1. The van der Waals surface area contributed by atoms with E-state index in [0.717, 1.165) is 0 Å². The van der Waals surface area contributed by atoms with Gasteiger partial charge in [-0.1, -0.05) is 0 Å². The van der Waals surface area contributed by atoms with Crippen LogP contribution in [0.5, 0.6) is 0 Å². The summed E-state index contributed by atoms with van der Waals surface area (Å²) in [5.41, 5.74) is 0.107. The molecule has 0 atom stereocenters. The highest BCUT2D eigenvalue weighted by molar-refractivity contribution is 7.13. The molecule has 1 N–H and O–H groups in total. The highest BCUT2D eigenvalue weighted by atomic mass is 32.1. The van der Waals surface area contributed by atoms with Crippen LogP contribution in [0.15, 0.2) is 0 Å². The van der Waals surface area contributed by atoms with Gasteiger partial charge in [-0.05, 0) is 20.8 Å². The highest BCUT2D eigenvalue weighted by Crippen LogP contribution is 2.33. The molecule has 1 amide bonds. The summed E-state index contributed by atoms with van der Waals surface area (Å²) >= 11 is 0.368. The number of hydrogen-bond donors (Lipinski definition) is 1. The molecule has 16 heavy (non-hydrogen) atoms. The number of aromatic nitrogens is 1. The van der Waals surface area contributed by atoms with Gasteiger partial charge in [0, 0.05) is 6.04 Å². The maximum Gasteiger partial charge on any atom is 0.443 e. The molecule has 0 spiro atoms. The second kappa shape index (κ2) is 4.40. The number of nitrogens with one attached hydrogen (secondary N) is 1. The van der Waals surface area contributed by atoms with Crippen molar-refractivity contribution in [3.8, 4) is 0 Å². The molecule has 7 heteroatoms. The van der Waals surface area contributed by atoms with Crippen LogP contribution in [0.4, 0.5) is 13.2 Å². The third kappa shape index (κ3) is 2.94. The van der Waals surface area contributed by atoms with E-state index in [1.165, 1.54) is 6.92 Å². The third-order valence-electron chi connectivity index (χ3n) is 1.67. The number of rotatable bonds is 2. The summed E-state index contributed by atoms with van der Waals surface area (Å²) in [4.78, 5) is 14.9. The minimum atomic E-state index is -4.49. The summed E-state index contributed by atoms with van der Waals surface area (Å²) in [6.07, 6.45) is -4.49. The van der Waals surface area contributed by atoms with Crippen molar-refractivity contribution in [2.24, 2.45) is 0 Å². The van der Waals surface area contributed by atoms with E-state index in [4.69, 9.17) is 0 Å². The Kier molecular flexibility index (Phi) is 3.57. The minimum Gasteiger partial charge on any atom is -0.349 e. The molecule has 3 nitrogen and oxygen atoms in total. The Morgan fingerprint density at radius 1 is 1.44 bits per heavy atom. The van der Waals surface area contributed by atoms with Crippen LogP contribution in [0.3, 0.4) is 0 Å². The second-order valence-corrected chi connectivity index (χ2v) is 4.56. The maximum atomic E-state index is 12.3. The van der Waals surface area contributed by atoms with Gasteiger partial charge in [0.1, 0.15) is 4.88 Å². The number of hydrogen-bond acceptors (Lipinski definition) is 3. The SMILES string of the molecule is Cc1nc(C(F)(F)F)sc1C(=O)NC(C)C. The predicted octanol–water partition coefficient (Wildman–Crippen LogP) is 2.61. The summed E-state index contributed by atoms with van der Waals surface area (Å²) in [6.45, 7) is 4.86. The Balaban J connectivity index is 2.99. The number of amides is 1. The largest absolute Gasteiger partial charge is 0.443 e. The van der Waals surface area contributed by atoms with Crippen molar-refractivity contribution in [3.63, 3.8) is 0 Å². The zero-order chi connectivity index (χ0) is 12.5. The Labute approximate surface area is 94.7 Å². The third-order valence-corrected chi connectivity index (χ3v) is 2.87. The van der Waals surface area contributed by atoms with Gasteiger partial charge < -0.3 is 5.32 Å². The quantitative estimate of drug-likeness (QED) is 0.879. The van der Waals surface area contributed by atoms with E-state index >= 15 is 0 Å². The molecular weight excluding hydrogens is 241 g/mol. The number of carbonyl (C=O) groups is 1. The molecule has 0 unspecified atom stereocenters. The summed E-state index contributed by atoms with van der Waals surface area (Å²) in [7, 11) is 0. The van der Waals surface area contributed by atoms with E-state index < -0.39 is 17.1 Å². The number of aryl methyl sites for hydroxylation is 1. The van der Waals surface area contributed by atoms with Gasteiger partial charge in [0.05, 0.1) is 5.69 Å². The molecule has 1 aromatic heterocycles. The Hall–Kier alpha value is -1.11. The van der Waals surface area contributed by atoms with Crippen molar-refractivity contribution >= 4 is 17.2 Å². The lowest BCUT2D eigenvalue weighted by Gasteiger charge is -2.06.